The Kier molecular flexibility index (Phi) is 6.48. The summed E-state index contributed by atoms with van der Waals surface area (Å²) in [6.45, 7) is 1.74. The van der Waals surface area contributed by atoms with Gasteiger partial charge in [-0.25, -0.2) is 0 Å². The molecule has 0 bridgehead atoms. The van der Waals surface area contributed by atoms with Crippen LogP contribution in [0, 0.1) is 5.92 Å². The average molecular weight is 579 g/mol. The van der Waals surface area contributed by atoms with Crippen molar-refractivity contribution in [2.45, 2.75) is 25.4 Å². The molecule has 0 spiro atoms. The Morgan fingerprint density at radius 3 is 2.56 bits per heavy atom. The zero-order valence-electron chi connectivity index (χ0n) is 23.7. The fourth-order valence-electron chi connectivity index (χ4n) is 5.64. The van der Waals surface area contributed by atoms with Crippen LogP contribution in [0.25, 0.3) is 11.1 Å². The molecule has 218 valence electrons. The normalized spacial score (nSPS) is 15.7. The van der Waals surface area contributed by atoms with Crippen molar-refractivity contribution in [1.29, 1.82) is 0 Å². The second kappa shape index (κ2) is 10.5. The molecule has 3 N–H and O–H groups in total. The Balaban J connectivity index is 1.16. The first-order valence-electron chi connectivity index (χ1n) is 14.2. The molecule has 7 rings (SSSR count). The number of aromatic nitrogens is 5. The lowest BCUT2D eigenvalue weighted by Crippen LogP contribution is -2.51. The summed E-state index contributed by atoms with van der Waals surface area (Å²) in [5.74, 6) is -0.276. The Morgan fingerprint density at radius 1 is 0.977 bits per heavy atom. The highest BCUT2D eigenvalue weighted by Crippen LogP contribution is 2.45. The van der Waals surface area contributed by atoms with Gasteiger partial charge in [-0.15, -0.1) is 10.2 Å². The van der Waals surface area contributed by atoms with Gasteiger partial charge in [0.1, 0.15) is 5.69 Å². The quantitative estimate of drug-likeness (QED) is 0.301. The molecule has 0 atom stereocenters. The van der Waals surface area contributed by atoms with Crippen molar-refractivity contribution in [3.05, 3.63) is 71.9 Å². The van der Waals surface area contributed by atoms with Crippen LogP contribution in [0.3, 0.4) is 0 Å². The van der Waals surface area contributed by atoms with Gasteiger partial charge in [-0.1, -0.05) is 18.2 Å². The molecule has 3 aromatic heterocycles. The topological polar surface area (TPSA) is 150 Å². The van der Waals surface area contributed by atoms with E-state index in [-0.39, 0.29) is 35.3 Å². The Hall–Kier alpha value is -5.33. The summed E-state index contributed by atoms with van der Waals surface area (Å²) in [6.07, 6.45) is 5.24. The first kappa shape index (κ1) is 26.6. The standard InChI is InChI=1S/C30H30N10O3/c1-31-29(42)26-23(12-25(36-37-26)35-28(41)17-9-10-17)34-21-8-5-6-19-20-13-33-40(24(20)16-38(2)27(19)21)18-14-39(15-18)30(43)22-7-3-4-11-32-22/h3-8,11-13,17-18H,9-10,14-16H2,1-2H3,(H,31,42)(H2,34,35,36,41). The molecule has 5 heterocycles. The lowest BCUT2D eigenvalue weighted by molar-refractivity contribution is -0.117. The lowest BCUT2D eigenvalue weighted by atomic mass is 9.97. The summed E-state index contributed by atoms with van der Waals surface area (Å²) >= 11 is 0. The first-order valence-corrected chi connectivity index (χ1v) is 14.2. The van der Waals surface area contributed by atoms with E-state index in [0.29, 0.717) is 31.0 Å². The molecule has 3 aliphatic rings. The molecular weight excluding hydrogens is 548 g/mol. The number of pyridine rings is 1. The van der Waals surface area contributed by atoms with Gasteiger partial charge in [0.25, 0.3) is 11.8 Å². The molecule has 3 amide bonds. The molecule has 0 unspecified atom stereocenters. The third-order valence-corrected chi connectivity index (χ3v) is 8.08. The second-order valence-electron chi connectivity index (χ2n) is 11.0. The maximum Gasteiger partial charge on any atom is 0.273 e. The van der Waals surface area contributed by atoms with Crippen LogP contribution in [0.2, 0.25) is 0 Å². The Labute approximate surface area is 247 Å². The SMILES string of the molecule is CNC(=O)c1nnc(NC(=O)C2CC2)cc1Nc1cccc2c1N(C)Cc1c-2cnn1C1CN(C(=O)c2ccccn2)C1. The van der Waals surface area contributed by atoms with Crippen LogP contribution in [-0.2, 0) is 11.3 Å². The Bertz CT molecular complexity index is 1740. The predicted molar refractivity (Wildman–Crippen MR) is 159 cm³/mol. The number of nitrogens with zero attached hydrogens (tertiary/aromatic N) is 7. The zero-order chi connectivity index (χ0) is 29.7. The van der Waals surface area contributed by atoms with Gasteiger partial charge in [0, 0.05) is 56.5 Å². The van der Waals surface area contributed by atoms with Gasteiger partial charge < -0.3 is 25.8 Å². The molecule has 4 aromatic rings. The minimum atomic E-state index is -0.396. The highest BCUT2D eigenvalue weighted by molar-refractivity contribution is 6.01. The van der Waals surface area contributed by atoms with Crippen LogP contribution in [0.1, 0.15) is 45.6 Å². The molecule has 2 aliphatic heterocycles. The van der Waals surface area contributed by atoms with E-state index in [4.69, 9.17) is 5.10 Å². The van der Waals surface area contributed by atoms with Gasteiger partial charge in [0.2, 0.25) is 5.91 Å². The molecular formula is C30H30N10O3. The zero-order valence-corrected chi connectivity index (χ0v) is 23.7. The number of fused-ring (bicyclic) bond motifs is 3. The van der Waals surface area contributed by atoms with Gasteiger partial charge in [-0.2, -0.15) is 5.10 Å². The molecule has 1 aromatic carbocycles. The molecule has 1 aliphatic carbocycles. The highest BCUT2D eigenvalue weighted by Gasteiger charge is 2.37. The summed E-state index contributed by atoms with van der Waals surface area (Å²) in [6, 6.07) is 13.0. The van der Waals surface area contributed by atoms with Crippen LogP contribution in [0.5, 0.6) is 0 Å². The van der Waals surface area contributed by atoms with Crippen molar-refractivity contribution in [1.82, 2.24) is 35.2 Å². The van der Waals surface area contributed by atoms with Crippen LogP contribution >= 0.6 is 0 Å². The maximum atomic E-state index is 12.8. The number of hydrogen-bond acceptors (Lipinski definition) is 9. The maximum absolute atomic E-state index is 12.8. The minimum absolute atomic E-state index is 0.00565. The smallest absolute Gasteiger partial charge is 0.273 e. The van der Waals surface area contributed by atoms with E-state index in [1.165, 1.54) is 7.05 Å². The van der Waals surface area contributed by atoms with E-state index in [1.807, 2.05) is 42.2 Å². The number of nitrogens with one attached hydrogen (secondary N) is 3. The van der Waals surface area contributed by atoms with Crippen molar-refractivity contribution < 1.29 is 14.4 Å². The monoisotopic (exact) mass is 578 g/mol. The molecule has 1 saturated heterocycles. The van der Waals surface area contributed by atoms with Crippen LogP contribution < -0.4 is 20.9 Å². The minimum Gasteiger partial charge on any atom is -0.366 e. The molecule has 13 nitrogen and oxygen atoms in total. The summed E-state index contributed by atoms with van der Waals surface area (Å²) < 4.78 is 2.03. The lowest BCUT2D eigenvalue weighted by Gasteiger charge is -2.40. The van der Waals surface area contributed by atoms with Gasteiger partial charge in [-0.3, -0.25) is 24.0 Å². The molecule has 2 fully saturated rings. The summed E-state index contributed by atoms with van der Waals surface area (Å²) in [7, 11) is 3.54. The summed E-state index contributed by atoms with van der Waals surface area (Å²) in [4.78, 5) is 45.9. The van der Waals surface area contributed by atoms with Crippen molar-refractivity contribution >= 4 is 40.6 Å². The number of amides is 3. The van der Waals surface area contributed by atoms with Gasteiger partial charge in [0.05, 0.1) is 41.5 Å². The van der Waals surface area contributed by atoms with E-state index in [9.17, 15) is 14.4 Å². The van der Waals surface area contributed by atoms with Gasteiger partial charge >= 0.3 is 0 Å². The number of para-hydroxylation sites is 1. The summed E-state index contributed by atoms with van der Waals surface area (Å²) in [5, 5.41) is 21.7. The van der Waals surface area contributed by atoms with E-state index in [0.717, 1.165) is 41.0 Å². The van der Waals surface area contributed by atoms with E-state index >= 15 is 0 Å². The average Bonchev–Trinajstić information content (AvgIpc) is 3.78. The van der Waals surface area contributed by atoms with E-state index in [2.05, 4.69) is 36.0 Å². The van der Waals surface area contributed by atoms with E-state index in [1.54, 1.807) is 29.3 Å². The number of hydrogen-bond donors (Lipinski definition) is 3. The molecule has 0 radical (unpaired) electrons. The number of carbonyl (C=O) groups is 3. The van der Waals surface area contributed by atoms with Crippen molar-refractivity contribution in [3.8, 4) is 11.1 Å². The number of carbonyl (C=O) groups excluding carboxylic acids is 3. The van der Waals surface area contributed by atoms with Crippen molar-refractivity contribution in [2.75, 3.05) is 42.7 Å². The molecule has 1 saturated carbocycles. The second-order valence-corrected chi connectivity index (χ2v) is 11.0. The van der Waals surface area contributed by atoms with Crippen molar-refractivity contribution in [2.24, 2.45) is 5.92 Å². The van der Waals surface area contributed by atoms with Gasteiger partial charge in [-0.05, 0) is 31.0 Å². The third-order valence-electron chi connectivity index (χ3n) is 8.08. The third kappa shape index (κ3) is 4.82. The fourth-order valence-corrected chi connectivity index (χ4v) is 5.64. The van der Waals surface area contributed by atoms with Crippen LogP contribution in [0.15, 0.2) is 54.9 Å². The van der Waals surface area contributed by atoms with E-state index < -0.39 is 5.91 Å². The first-order chi connectivity index (χ1) is 20.9. The number of likely N-dealkylation sites (tertiary alicyclic amines) is 1. The fraction of sp³-hybridized carbons (Fsp3) is 0.300. The van der Waals surface area contributed by atoms with Crippen LogP contribution in [-0.4, -0.2) is 74.8 Å². The number of benzene rings is 1. The Morgan fingerprint density at radius 2 is 1.81 bits per heavy atom. The summed E-state index contributed by atoms with van der Waals surface area (Å²) in [5.41, 5.74) is 5.78. The number of rotatable bonds is 7. The van der Waals surface area contributed by atoms with Gasteiger partial charge in [0.15, 0.2) is 11.5 Å². The molecule has 13 heteroatoms. The van der Waals surface area contributed by atoms with Crippen molar-refractivity contribution in [3.63, 3.8) is 0 Å². The predicted octanol–water partition coefficient (Wildman–Crippen LogP) is 2.83. The largest absolute Gasteiger partial charge is 0.366 e. The van der Waals surface area contributed by atoms with Crippen LogP contribution in [0.4, 0.5) is 22.9 Å². The highest BCUT2D eigenvalue weighted by atomic mass is 16.2. The number of anilines is 4. The molecule has 43 heavy (non-hydrogen) atoms.